The van der Waals surface area contributed by atoms with Crippen molar-refractivity contribution in [1.29, 1.82) is 0 Å². The summed E-state index contributed by atoms with van der Waals surface area (Å²) in [4.78, 5) is 27.6. The highest BCUT2D eigenvalue weighted by atomic mass is 16.6. The van der Waals surface area contributed by atoms with Gasteiger partial charge in [0.2, 0.25) is 0 Å². The molecule has 0 aromatic heterocycles. The third-order valence-corrected chi connectivity index (χ3v) is 6.52. The van der Waals surface area contributed by atoms with Gasteiger partial charge in [-0.25, -0.2) is 5.01 Å². The molecule has 1 aliphatic heterocycles. The number of rotatable bonds is 7. The van der Waals surface area contributed by atoms with E-state index in [1.807, 2.05) is 13.8 Å². The fourth-order valence-corrected chi connectivity index (χ4v) is 4.50. The van der Waals surface area contributed by atoms with Gasteiger partial charge in [0, 0.05) is 22.3 Å². The summed E-state index contributed by atoms with van der Waals surface area (Å²) in [5.41, 5.74) is 4.86. The lowest BCUT2D eigenvalue weighted by molar-refractivity contribution is 0.0269. The molecule has 2 aromatic rings. The van der Waals surface area contributed by atoms with E-state index in [0.29, 0.717) is 59.3 Å². The molecule has 8 heteroatoms. The van der Waals surface area contributed by atoms with Gasteiger partial charge in [-0.3, -0.25) is 15.0 Å². The largest absolute Gasteiger partial charge is 0.496 e. The molecule has 1 atom stereocenters. The monoisotopic (exact) mass is 498 g/mol. The molecule has 2 amide bonds. The average Bonchev–Trinajstić information content (AvgIpc) is 2.85. The van der Waals surface area contributed by atoms with Gasteiger partial charge >= 0.3 is 0 Å². The maximum Gasteiger partial charge on any atom is 0.272 e. The molecular weight excluding hydrogens is 460 g/mol. The molecule has 0 spiro atoms. The van der Waals surface area contributed by atoms with Crippen LogP contribution in [0.3, 0.4) is 0 Å². The quantitative estimate of drug-likeness (QED) is 0.535. The van der Waals surface area contributed by atoms with Gasteiger partial charge in [-0.2, -0.15) is 0 Å². The number of carbonyl (C=O) groups is 2. The van der Waals surface area contributed by atoms with Crippen LogP contribution in [0.5, 0.6) is 23.0 Å². The van der Waals surface area contributed by atoms with Crippen molar-refractivity contribution in [3.05, 3.63) is 46.5 Å². The van der Waals surface area contributed by atoms with Crippen LogP contribution in [-0.4, -0.2) is 50.3 Å². The standard InChI is InChI=1S/C28H38N2O6/c1-9-10-24(28(4,5)6)30(27(32)20-11-12-21-25(17(20)2)36-14-13-35-21)29-26(31)19-15-22(33-7)18(3)23(16-19)34-8/h11-12,15-16,24H,9-10,13-14H2,1-8H3,(H,29,31). The molecule has 36 heavy (non-hydrogen) atoms. The average molecular weight is 499 g/mol. The van der Waals surface area contributed by atoms with Crippen molar-refractivity contribution >= 4 is 11.8 Å². The van der Waals surface area contributed by atoms with Gasteiger partial charge in [-0.15, -0.1) is 0 Å². The molecule has 1 aliphatic rings. The van der Waals surface area contributed by atoms with Gasteiger partial charge in [0.1, 0.15) is 24.7 Å². The van der Waals surface area contributed by atoms with Gasteiger partial charge in [-0.05, 0) is 49.9 Å². The zero-order valence-corrected chi connectivity index (χ0v) is 22.6. The van der Waals surface area contributed by atoms with Gasteiger partial charge in [0.25, 0.3) is 11.8 Å². The SMILES string of the molecule is CCCC(N(NC(=O)c1cc(OC)c(C)c(OC)c1)C(=O)c1ccc2c(c1C)OCCO2)C(C)(C)C. The number of hydrogen-bond acceptors (Lipinski definition) is 6. The maximum atomic E-state index is 14.0. The lowest BCUT2D eigenvalue weighted by Crippen LogP contribution is -2.56. The maximum absolute atomic E-state index is 14.0. The lowest BCUT2D eigenvalue weighted by atomic mass is 9.83. The van der Waals surface area contributed by atoms with Crippen LogP contribution in [0, 0.1) is 19.3 Å². The zero-order valence-electron chi connectivity index (χ0n) is 22.6. The summed E-state index contributed by atoms with van der Waals surface area (Å²) in [5.74, 6) is 1.50. The molecule has 8 nitrogen and oxygen atoms in total. The Kier molecular flexibility index (Phi) is 8.38. The van der Waals surface area contributed by atoms with E-state index in [-0.39, 0.29) is 17.4 Å². The first-order valence-electron chi connectivity index (χ1n) is 12.3. The Morgan fingerprint density at radius 3 is 2.19 bits per heavy atom. The van der Waals surface area contributed by atoms with Gasteiger partial charge in [-0.1, -0.05) is 34.1 Å². The van der Waals surface area contributed by atoms with Crippen molar-refractivity contribution in [3.63, 3.8) is 0 Å². The summed E-state index contributed by atoms with van der Waals surface area (Å²) < 4.78 is 22.4. The number of methoxy groups -OCH3 is 2. The first kappa shape index (κ1) is 27.2. The number of hydrazine groups is 1. The second-order valence-corrected chi connectivity index (χ2v) is 10.1. The number of hydrogen-bond donors (Lipinski definition) is 1. The van der Waals surface area contributed by atoms with Crippen molar-refractivity contribution in [3.8, 4) is 23.0 Å². The first-order valence-corrected chi connectivity index (χ1v) is 12.3. The molecule has 2 aromatic carbocycles. The van der Waals surface area contributed by atoms with Crippen LogP contribution in [0.4, 0.5) is 0 Å². The van der Waals surface area contributed by atoms with Crippen molar-refractivity contribution in [2.24, 2.45) is 5.41 Å². The molecule has 196 valence electrons. The van der Waals surface area contributed by atoms with Crippen molar-refractivity contribution in [2.45, 2.75) is 60.4 Å². The van der Waals surface area contributed by atoms with Crippen LogP contribution in [0.15, 0.2) is 24.3 Å². The number of benzene rings is 2. The normalized spacial score (nSPS) is 13.6. The summed E-state index contributed by atoms with van der Waals surface area (Å²) in [5, 5.41) is 1.48. The van der Waals surface area contributed by atoms with E-state index in [0.717, 1.165) is 12.0 Å². The van der Waals surface area contributed by atoms with Crippen LogP contribution in [0.25, 0.3) is 0 Å². The second kappa shape index (κ2) is 11.1. The van der Waals surface area contributed by atoms with Gasteiger partial charge in [0.15, 0.2) is 11.5 Å². The van der Waals surface area contributed by atoms with Crippen LogP contribution >= 0.6 is 0 Å². The van der Waals surface area contributed by atoms with Crippen LogP contribution in [0.2, 0.25) is 0 Å². The molecule has 1 heterocycles. The molecule has 0 radical (unpaired) electrons. The van der Waals surface area contributed by atoms with E-state index in [1.165, 1.54) is 5.01 Å². The summed E-state index contributed by atoms with van der Waals surface area (Å²) >= 11 is 0. The predicted octanol–water partition coefficient (Wildman–Crippen LogP) is 5.09. The lowest BCUT2D eigenvalue weighted by Gasteiger charge is -2.40. The van der Waals surface area contributed by atoms with E-state index in [1.54, 1.807) is 38.5 Å². The molecule has 1 unspecified atom stereocenters. The van der Waals surface area contributed by atoms with E-state index in [4.69, 9.17) is 18.9 Å². The number of nitrogens with one attached hydrogen (secondary N) is 1. The third kappa shape index (κ3) is 5.53. The Morgan fingerprint density at radius 2 is 1.64 bits per heavy atom. The Balaban J connectivity index is 2.05. The Morgan fingerprint density at radius 1 is 1.03 bits per heavy atom. The van der Waals surface area contributed by atoms with Crippen molar-refractivity contribution in [2.75, 3.05) is 27.4 Å². The Bertz CT molecular complexity index is 1100. The molecule has 3 rings (SSSR count). The minimum Gasteiger partial charge on any atom is -0.496 e. The fraction of sp³-hybridized carbons (Fsp3) is 0.500. The highest BCUT2D eigenvalue weighted by molar-refractivity contribution is 6.01. The number of amides is 2. The van der Waals surface area contributed by atoms with Gasteiger partial charge in [0.05, 0.1) is 20.3 Å². The van der Waals surface area contributed by atoms with Gasteiger partial charge < -0.3 is 18.9 Å². The Hall–Kier alpha value is -3.42. The van der Waals surface area contributed by atoms with Crippen LogP contribution in [-0.2, 0) is 0 Å². The van der Waals surface area contributed by atoms with E-state index in [9.17, 15) is 9.59 Å². The minimum absolute atomic E-state index is 0.263. The molecule has 1 N–H and O–H groups in total. The van der Waals surface area contributed by atoms with E-state index >= 15 is 0 Å². The highest BCUT2D eigenvalue weighted by Crippen LogP contribution is 2.37. The number of ether oxygens (including phenoxy) is 4. The topological polar surface area (TPSA) is 86.3 Å². The highest BCUT2D eigenvalue weighted by Gasteiger charge is 2.36. The molecule has 0 saturated carbocycles. The molecular formula is C28H38N2O6. The summed E-state index contributed by atoms with van der Waals surface area (Å²) in [6, 6.07) is 6.51. The van der Waals surface area contributed by atoms with Crippen molar-refractivity contribution in [1.82, 2.24) is 10.4 Å². The molecule has 0 saturated heterocycles. The van der Waals surface area contributed by atoms with Crippen molar-refractivity contribution < 1.29 is 28.5 Å². The predicted molar refractivity (Wildman–Crippen MR) is 138 cm³/mol. The third-order valence-electron chi connectivity index (χ3n) is 6.52. The van der Waals surface area contributed by atoms with Crippen LogP contribution in [0.1, 0.15) is 72.4 Å². The number of fused-ring (bicyclic) bond motifs is 1. The summed E-state index contributed by atoms with van der Waals surface area (Å²) in [7, 11) is 3.08. The minimum atomic E-state index is -0.430. The summed E-state index contributed by atoms with van der Waals surface area (Å²) in [6.45, 7) is 12.8. The second-order valence-electron chi connectivity index (χ2n) is 10.1. The number of nitrogens with zero attached hydrogens (tertiary/aromatic N) is 1. The number of carbonyl (C=O) groups excluding carboxylic acids is 2. The smallest absolute Gasteiger partial charge is 0.272 e. The van der Waals surface area contributed by atoms with Crippen LogP contribution < -0.4 is 24.4 Å². The molecule has 0 fully saturated rings. The molecule has 0 aliphatic carbocycles. The first-order chi connectivity index (χ1) is 17.0. The van der Waals surface area contributed by atoms with E-state index < -0.39 is 5.91 Å². The fourth-order valence-electron chi connectivity index (χ4n) is 4.50. The zero-order chi connectivity index (χ0) is 26.6. The summed E-state index contributed by atoms with van der Waals surface area (Å²) in [6.07, 6.45) is 1.55. The Labute approximate surface area is 213 Å². The molecule has 0 bridgehead atoms. The van der Waals surface area contributed by atoms with E-state index in [2.05, 4.69) is 33.1 Å².